The summed E-state index contributed by atoms with van der Waals surface area (Å²) in [7, 11) is 0. The van der Waals surface area contributed by atoms with Gasteiger partial charge in [0.05, 0.1) is 11.7 Å². The Morgan fingerprint density at radius 1 is 1.04 bits per heavy atom. The normalized spacial score (nSPS) is 22.5. The van der Waals surface area contributed by atoms with Gasteiger partial charge in [-0.15, -0.1) is 5.10 Å². The van der Waals surface area contributed by atoms with E-state index in [0.717, 1.165) is 12.5 Å². The van der Waals surface area contributed by atoms with Crippen LogP contribution in [0.15, 0.2) is 6.20 Å². The van der Waals surface area contributed by atoms with Crippen LogP contribution in [0.1, 0.15) is 71.0 Å². The fourth-order valence-electron chi connectivity index (χ4n) is 4.25. The molecule has 3 rings (SSSR count). The van der Waals surface area contributed by atoms with Gasteiger partial charge in [-0.2, -0.15) is 0 Å². The quantitative estimate of drug-likeness (QED) is 0.801. The maximum Gasteiger partial charge on any atom is 0.0827 e. The minimum Gasteiger partial charge on any atom is -0.301 e. The predicted molar refractivity (Wildman–Crippen MR) is 98.2 cm³/mol. The molecule has 0 spiro atoms. The van der Waals surface area contributed by atoms with Crippen LogP contribution >= 0.6 is 0 Å². The first kappa shape index (κ1) is 17.9. The molecule has 0 atom stereocenters. The van der Waals surface area contributed by atoms with Gasteiger partial charge < -0.3 is 9.80 Å². The van der Waals surface area contributed by atoms with Gasteiger partial charge in [-0.3, -0.25) is 0 Å². The molecule has 0 amide bonds. The summed E-state index contributed by atoms with van der Waals surface area (Å²) in [6.45, 7) is 11.9. The Hall–Kier alpha value is -0.940. The number of rotatable bonds is 6. The van der Waals surface area contributed by atoms with Crippen molar-refractivity contribution in [2.75, 3.05) is 26.2 Å². The number of hydrogen-bond acceptors (Lipinski definition) is 4. The molecule has 2 fully saturated rings. The Bertz CT molecular complexity index is 482. The number of nitrogens with zero attached hydrogens (tertiary/aromatic N) is 5. The van der Waals surface area contributed by atoms with Gasteiger partial charge in [0, 0.05) is 31.4 Å². The lowest BCUT2D eigenvalue weighted by molar-refractivity contribution is 0.0669. The fraction of sp³-hybridized carbons (Fsp3) is 0.895. The van der Waals surface area contributed by atoms with Crippen molar-refractivity contribution >= 4 is 0 Å². The SMILES string of the molecule is CCCCc1cn(C2CCN(C3CCN(C(C)C)CC3)CC2)nn1. The summed E-state index contributed by atoms with van der Waals surface area (Å²) in [5.41, 5.74) is 1.17. The molecule has 5 heteroatoms. The molecule has 5 nitrogen and oxygen atoms in total. The van der Waals surface area contributed by atoms with E-state index in [2.05, 4.69) is 51.8 Å². The van der Waals surface area contributed by atoms with E-state index in [0.29, 0.717) is 12.1 Å². The van der Waals surface area contributed by atoms with Crippen molar-refractivity contribution in [1.29, 1.82) is 0 Å². The monoisotopic (exact) mass is 333 g/mol. The van der Waals surface area contributed by atoms with Crippen molar-refractivity contribution < 1.29 is 0 Å². The highest BCUT2D eigenvalue weighted by Gasteiger charge is 2.29. The van der Waals surface area contributed by atoms with Crippen molar-refractivity contribution in [2.24, 2.45) is 0 Å². The van der Waals surface area contributed by atoms with Gasteiger partial charge >= 0.3 is 0 Å². The number of aryl methyl sites for hydroxylation is 1. The van der Waals surface area contributed by atoms with Crippen LogP contribution in [0.25, 0.3) is 0 Å². The highest BCUT2D eigenvalue weighted by Crippen LogP contribution is 2.27. The summed E-state index contributed by atoms with van der Waals surface area (Å²) in [5, 5.41) is 8.76. The molecule has 2 aliphatic rings. The lowest BCUT2D eigenvalue weighted by Gasteiger charge is -2.42. The third kappa shape index (κ3) is 4.37. The largest absolute Gasteiger partial charge is 0.301 e. The maximum atomic E-state index is 4.40. The Labute approximate surface area is 147 Å². The van der Waals surface area contributed by atoms with Crippen LogP contribution in [-0.4, -0.2) is 63.1 Å². The van der Waals surface area contributed by atoms with E-state index >= 15 is 0 Å². The van der Waals surface area contributed by atoms with Crippen molar-refractivity contribution in [3.05, 3.63) is 11.9 Å². The molecule has 136 valence electrons. The zero-order valence-corrected chi connectivity index (χ0v) is 15.8. The fourth-order valence-corrected chi connectivity index (χ4v) is 4.25. The smallest absolute Gasteiger partial charge is 0.0827 e. The molecular formula is C19H35N5. The molecule has 0 saturated carbocycles. The average Bonchev–Trinajstić information content (AvgIpc) is 3.09. The van der Waals surface area contributed by atoms with E-state index in [4.69, 9.17) is 0 Å². The second kappa shape index (κ2) is 8.43. The third-order valence-electron chi connectivity index (χ3n) is 5.96. The number of hydrogen-bond donors (Lipinski definition) is 0. The molecule has 0 unspecified atom stereocenters. The molecule has 3 heterocycles. The van der Waals surface area contributed by atoms with Crippen molar-refractivity contribution in [1.82, 2.24) is 24.8 Å². The van der Waals surface area contributed by atoms with Gasteiger partial charge in [0.1, 0.15) is 0 Å². The number of piperidine rings is 2. The molecule has 1 aromatic rings. The Morgan fingerprint density at radius 2 is 1.71 bits per heavy atom. The maximum absolute atomic E-state index is 4.40. The third-order valence-corrected chi connectivity index (χ3v) is 5.96. The first-order chi connectivity index (χ1) is 11.7. The molecule has 24 heavy (non-hydrogen) atoms. The summed E-state index contributed by atoms with van der Waals surface area (Å²) in [6, 6.07) is 2.06. The zero-order valence-electron chi connectivity index (χ0n) is 15.8. The molecule has 2 saturated heterocycles. The lowest BCUT2D eigenvalue weighted by Crippen LogP contribution is -2.49. The average molecular weight is 334 g/mol. The molecule has 1 aromatic heterocycles. The minimum atomic E-state index is 0.555. The van der Waals surface area contributed by atoms with Gasteiger partial charge in [-0.25, -0.2) is 4.68 Å². The minimum absolute atomic E-state index is 0.555. The first-order valence-corrected chi connectivity index (χ1v) is 10.1. The molecule has 0 bridgehead atoms. The van der Waals surface area contributed by atoms with Crippen molar-refractivity contribution in [2.45, 2.75) is 83.8 Å². The lowest BCUT2D eigenvalue weighted by atomic mass is 9.97. The van der Waals surface area contributed by atoms with Crippen LogP contribution in [0.2, 0.25) is 0 Å². The van der Waals surface area contributed by atoms with Crippen LogP contribution in [-0.2, 0) is 6.42 Å². The molecule has 2 aliphatic heterocycles. The topological polar surface area (TPSA) is 37.2 Å². The van der Waals surface area contributed by atoms with E-state index in [9.17, 15) is 0 Å². The van der Waals surface area contributed by atoms with Crippen LogP contribution < -0.4 is 0 Å². The Balaban J connectivity index is 1.45. The van der Waals surface area contributed by atoms with E-state index in [1.807, 2.05) is 0 Å². The molecule has 0 N–H and O–H groups in total. The molecular weight excluding hydrogens is 298 g/mol. The predicted octanol–water partition coefficient (Wildman–Crippen LogP) is 3.13. The summed E-state index contributed by atoms with van der Waals surface area (Å²) in [5.74, 6) is 0. The van der Waals surface area contributed by atoms with Crippen molar-refractivity contribution in [3.63, 3.8) is 0 Å². The molecule has 0 radical (unpaired) electrons. The van der Waals surface area contributed by atoms with E-state index in [1.165, 1.54) is 70.4 Å². The van der Waals surface area contributed by atoms with Crippen LogP contribution in [0, 0.1) is 0 Å². The number of unbranched alkanes of at least 4 members (excludes halogenated alkanes) is 1. The number of likely N-dealkylation sites (tertiary alicyclic amines) is 2. The summed E-state index contributed by atoms with van der Waals surface area (Å²) in [6.07, 6.45) is 10.8. The summed E-state index contributed by atoms with van der Waals surface area (Å²) in [4.78, 5) is 5.36. The van der Waals surface area contributed by atoms with E-state index in [1.54, 1.807) is 0 Å². The second-order valence-electron chi connectivity index (χ2n) is 7.92. The van der Waals surface area contributed by atoms with Gasteiger partial charge in [-0.05, 0) is 65.5 Å². The zero-order chi connectivity index (χ0) is 16.9. The van der Waals surface area contributed by atoms with Crippen LogP contribution in [0.4, 0.5) is 0 Å². The standard InChI is InChI=1S/C19H35N5/c1-4-5-6-17-15-24(21-20-17)19-9-13-23(14-10-19)18-7-11-22(12-8-18)16(2)3/h15-16,18-19H,4-14H2,1-3H3. The van der Waals surface area contributed by atoms with Gasteiger partial charge in [0.15, 0.2) is 0 Å². The molecule has 0 aliphatic carbocycles. The summed E-state index contributed by atoms with van der Waals surface area (Å²) < 4.78 is 2.14. The second-order valence-corrected chi connectivity index (χ2v) is 7.92. The van der Waals surface area contributed by atoms with E-state index < -0.39 is 0 Å². The van der Waals surface area contributed by atoms with Crippen LogP contribution in [0.5, 0.6) is 0 Å². The van der Waals surface area contributed by atoms with Gasteiger partial charge in [0.2, 0.25) is 0 Å². The summed E-state index contributed by atoms with van der Waals surface area (Å²) >= 11 is 0. The highest BCUT2D eigenvalue weighted by molar-refractivity contribution is 4.94. The number of aromatic nitrogens is 3. The van der Waals surface area contributed by atoms with E-state index in [-0.39, 0.29) is 0 Å². The van der Waals surface area contributed by atoms with Crippen LogP contribution in [0.3, 0.4) is 0 Å². The Morgan fingerprint density at radius 3 is 2.33 bits per heavy atom. The molecule has 0 aromatic carbocycles. The highest BCUT2D eigenvalue weighted by atomic mass is 15.4. The Kier molecular flexibility index (Phi) is 6.28. The van der Waals surface area contributed by atoms with Crippen molar-refractivity contribution in [3.8, 4) is 0 Å². The first-order valence-electron chi connectivity index (χ1n) is 10.1. The van der Waals surface area contributed by atoms with Gasteiger partial charge in [-0.1, -0.05) is 18.6 Å². The van der Waals surface area contributed by atoms with Gasteiger partial charge in [0.25, 0.3) is 0 Å².